The standard InChI is InChI=1S/C14H16F3N3O4/c1-3-4-10(22)24-12-9(21)5-6-20-11(12)13(23)19(7-18-20)8(2)14(15,16)17/h5-6,8,18H,3-4,7H2,1-2H3/t8-/m1/s1. The number of rotatable bonds is 4. The van der Waals surface area contributed by atoms with Gasteiger partial charge in [0.05, 0.1) is 0 Å². The number of hydrogen-bond donors (Lipinski definition) is 1. The number of halogens is 3. The fourth-order valence-electron chi connectivity index (χ4n) is 2.17. The molecule has 24 heavy (non-hydrogen) atoms. The van der Waals surface area contributed by atoms with Gasteiger partial charge in [0.15, 0.2) is 5.69 Å². The first-order chi connectivity index (χ1) is 11.2. The highest BCUT2D eigenvalue weighted by molar-refractivity contribution is 5.97. The Balaban J connectivity index is 2.44. The summed E-state index contributed by atoms with van der Waals surface area (Å²) in [6.45, 7) is 2.14. The lowest BCUT2D eigenvalue weighted by molar-refractivity contribution is -0.172. The molecular weight excluding hydrogens is 331 g/mol. The number of amides is 1. The van der Waals surface area contributed by atoms with E-state index in [1.807, 2.05) is 0 Å². The van der Waals surface area contributed by atoms with Crippen molar-refractivity contribution in [2.45, 2.75) is 38.9 Å². The van der Waals surface area contributed by atoms with Crippen LogP contribution < -0.4 is 15.6 Å². The van der Waals surface area contributed by atoms with E-state index in [4.69, 9.17) is 4.74 Å². The second kappa shape index (κ2) is 6.54. The molecule has 0 saturated carbocycles. The van der Waals surface area contributed by atoms with Crippen LogP contribution in [-0.2, 0) is 4.79 Å². The number of hydrogen-bond acceptors (Lipinski definition) is 5. The predicted octanol–water partition coefficient (Wildman–Crippen LogP) is 1.46. The fraction of sp³-hybridized carbons (Fsp3) is 0.500. The van der Waals surface area contributed by atoms with E-state index in [2.05, 4.69) is 5.43 Å². The minimum atomic E-state index is -4.63. The summed E-state index contributed by atoms with van der Waals surface area (Å²) in [5, 5.41) is 0. The maximum atomic E-state index is 12.9. The summed E-state index contributed by atoms with van der Waals surface area (Å²) in [5.74, 6) is -2.36. The molecule has 0 spiro atoms. The van der Waals surface area contributed by atoms with E-state index < -0.39 is 47.6 Å². The molecule has 0 aromatic carbocycles. The molecule has 0 unspecified atom stereocenters. The quantitative estimate of drug-likeness (QED) is 0.834. The summed E-state index contributed by atoms with van der Waals surface area (Å²) in [5.41, 5.74) is 1.36. The number of carbonyl (C=O) groups excluding carboxylic acids is 2. The lowest BCUT2D eigenvalue weighted by Crippen LogP contribution is -2.54. The molecule has 132 valence electrons. The molecule has 1 aromatic heterocycles. The molecule has 1 aliphatic heterocycles. The molecule has 10 heteroatoms. The van der Waals surface area contributed by atoms with Crippen LogP contribution in [0, 0.1) is 0 Å². The number of pyridine rings is 1. The minimum absolute atomic E-state index is 0.0120. The Kier molecular flexibility index (Phi) is 4.86. The fourth-order valence-corrected chi connectivity index (χ4v) is 2.17. The van der Waals surface area contributed by atoms with Crippen molar-refractivity contribution in [3.05, 3.63) is 28.2 Å². The zero-order valence-corrected chi connectivity index (χ0v) is 13.0. The molecule has 0 radical (unpaired) electrons. The van der Waals surface area contributed by atoms with E-state index in [1.54, 1.807) is 6.92 Å². The van der Waals surface area contributed by atoms with Crippen molar-refractivity contribution in [2.24, 2.45) is 0 Å². The summed E-state index contributed by atoms with van der Waals surface area (Å²) in [6, 6.07) is -1.01. The van der Waals surface area contributed by atoms with Crippen LogP contribution in [0.15, 0.2) is 17.1 Å². The van der Waals surface area contributed by atoms with Crippen molar-refractivity contribution < 1.29 is 27.5 Å². The Labute approximate surface area is 135 Å². The average molecular weight is 347 g/mol. The lowest BCUT2D eigenvalue weighted by Gasteiger charge is -2.36. The predicted molar refractivity (Wildman–Crippen MR) is 77.2 cm³/mol. The Morgan fingerprint density at radius 2 is 2.08 bits per heavy atom. The van der Waals surface area contributed by atoms with E-state index in [0.717, 1.165) is 17.7 Å². The second-order valence-corrected chi connectivity index (χ2v) is 5.26. The highest BCUT2D eigenvalue weighted by Gasteiger charge is 2.44. The summed E-state index contributed by atoms with van der Waals surface area (Å²) in [7, 11) is 0. The molecule has 7 nitrogen and oxygen atoms in total. The molecule has 1 N–H and O–H groups in total. The van der Waals surface area contributed by atoms with Crippen LogP contribution in [0.1, 0.15) is 37.2 Å². The topological polar surface area (TPSA) is 80.6 Å². The van der Waals surface area contributed by atoms with Crippen molar-refractivity contribution in [3.8, 4) is 5.75 Å². The zero-order valence-electron chi connectivity index (χ0n) is 13.0. The van der Waals surface area contributed by atoms with Gasteiger partial charge in [-0.25, -0.2) is 0 Å². The third-order valence-corrected chi connectivity index (χ3v) is 3.54. The van der Waals surface area contributed by atoms with E-state index in [-0.39, 0.29) is 6.42 Å². The zero-order chi connectivity index (χ0) is 18.1. The molecule has 0 aliphatic carbocycles. The van der Waals surface area contributed by atoms with Gasteiger partial charge in [0.25, 0.3) is 5.91 Å². The molecule has 2 heterocycles. The Bertz CT molecular complexity index is 714. The molecule has 0 saturated heterocycles. The number of aromatic nitrogens is 1. The van der Waals surface area contributed by atoms with Crippen LogP contribution in [-0.4, -0.2) is 40.3 Å². The van der Waals surface area contributed by atoms with Gasteiger partial charge in [-0.1, -0.05) is 6.92 Å². The van der Waals surface area contributed by atoms with Gasteiger partial charge in [-0.2, -0.15) is 13.2 Å². The van der Waals surface area contributed by atoms with Crippen LogP contribution >= 0.6 is 0 Å². The van der Waals surface area contributed by atoms with E-state index >= 15 is 0 Å². The Morgan fingerprint density at radius 1 is 1.42 bits per heavy atom. The van der Waals surface area contributed by atoms with Crippen molar-refractivity contribution in [1.29, 1.82) is 0 Å². The van der Waals surface area contributed by atoms with Gasteiger partial charge in [0.2, 0.25) is 11.2 Å². The summed E-state index contributed by atoms with van der Waals surface area (Å²) in [4.78, 5) is 36.5. The van der Waals surface area contributed by atoms with Gasteiger partial charge in [0, 0.05) is 18.7 Å². The maximum absolute atomic E-state index is 12.9. The molecule has 1 aromatic rings. The van der Waals surface area contributed by atoms with Gasteiger partial charge in [0.1, 0.15) is 12.7 Å². The smallest absolute Gasteiger partial charge is 0.408 e. The molecule has 0 fully saturated rings. The third-order valence-electron chi connectivity index (χ3n) is 3.54. The summed E-state index contributed by atoms with van der Waals surface area (Å²) in [6.07, 6.45) is -2.97. The van der Waals surface area contributed by atoms with Crippen molar-refractivity contribution in [2.75, 3.05) is 12.1 Å². The number of alkyl halides is 3. The first-order valence-corrected chi connectivity index (χ1v) is 7.24. The number of nitrogens with zero attached hydrogens (tertiary/aromatic N) is 2. The van der Waals surface area contributed by atoms with Crippen LogP contribution in [0.4, 0.5) is 13.2 Å². The van der Waals surface area contributed by atoms with E-state index in [0.29, 0.717) is 11.3 Å². The van der Waals surface area contributed by atoms with Gasteiger partial charge in [-0.15, -0.1) is 0 Å². The molecule has 1 amide bonds. The van der Waals surface area contributed by atoms with E-state index in [9.17, 15) is 27.6 Å². The molecular formula is C14H16F3N3O4. The molecule has 0 bridgehead atoms. The maximum Gasteiger partial charge on any atom is 0.408 e. The number of carbonyl (C=O) groups is 2. The number of fused-ring (bicyclic) bond motifs is 1. The number of nitrogens with one attached hydrogen (secondary N) is 1. The number of ether oxygens (including phenoxy) is 1. The summed E-state index contributed by atoms with van der Waals surface area (Å²) < 4.78 is 44.7. The van der Waals surface area contributed by atoms with Crippen LogP contribution in [0.3, 0.4) is 0 Å². The SMILES string of the molecule is CCCC(=O)Oc1c2n(ccc1=O)NCN([C@H](C)C(F)(F)F)C2=O. The van der Waals surface area contributed by atoms with Crippen molar-refractivity contribution in [3.63, 3.8) is 0 Å². The van der Waals surface area contributed by atoms with E-state index in [1.165, 1.54) is 6.20 Å². The van der Waals surface area contributed by atoms with Crippen molar-refractivity contribution in [1.82, 2.24) is 9.58 Å². The first kappa shape index (κ1) is 17.8. The Morgan fingerprint density at radius 3 is 2.67 bits per heavy atom. The lowest BCUT2D eigenvalue weighted by atomic mass is 10.2. The molecule has 1 aliphatic rings. The highest BCUT2D eigenvalue weighted by atomic mass is 19.4. The van der Waals surface area contributed by atoms with Crippen LogP contribution in [0.5, 0.6) is 5.75 Å². The second-order valence-electron chi connectivity index (χ2n) is 5.26. The third kappa shape index (κ3) is 3.36. The minimum Gasteiger partial charge on any atom is -0.420 e. The Hall–Kier alpha value is -2.52. The summed E-state index contributed by atoms with van der Waals surface area (Å²) >= 11 is 0. The van der Waals surface area contributed by atoms with Crippen LogP contribution in [0.25, 0.3) is 0 Å². The molecule has 2 rings (SSSR count). The number of esters is 1. The van der Waals surface area contributed by atoms with Gasteiger partial charge in [-0.3, -0.25) is 19.1 Å². The average Bonchev–Trinajstić information content (AvgIpc) is 2.49. The van der Waals surface area contributed by atoms with Crippen molar-refractivity contribution >= 4 is 11.9 Å². The monoisotopic (exact) mass is 347 g/mol. The van der Waals surface area contributed by atoms with Crippen LogP contribution in [0.2, 0.25) is 0 Å². The normalized spacial score (nSPS) is 15.5. The highest BCUT2D eigenvalue weighted by Crippen LogP contribution is 2.28. The first-order valence-electron chi connectivity index (χ1n) is 7.24. The molecule has 1 atom stereocenters. The largest absolute Gasteiger partial charge is 0.420 e. The van der Waals surface area contributed by atoms with Gasteiger partial charge < -0.3 is 15.1 Å². The van der Waals surface area contributed by atoms with Gasteiger partial charge >= 0.3 is 12.1 Å². The van der Waals surface area contributed by atoms with Gasteiger partial charge in [-0.05, 0) is 13.3 Å².